The summed E-state index contributed by atoms with van der Waals surface area (Å²) >= 11 is 0. The molecular weight excluding hydrogens is 267 g/mol. The van der Waals surface area contributed by atoms with Crippen molar-refractivity contribution in [3.8, 4) is 0 Å². The van der Waals surface area contributed by atoms with E-state index in [2.05, 4.69) is 0 Å². The van der Waals surface area contributed by atoms with Crippen molar-refractivity contribution < 1.29 is 60.1 Å². The first-order chi connectivity index (χ1) is 2.00. The molecule has 0 saturated heterocycles. The Bertz CT molecular complexity index is 31.5. The van der Waals surface area contributed by atoms with E-state index in [1.165, 1.54) is 0 Å². The van der Waals surface area contributed by atoms with Gasteiger partial charge in [-0.2, -0.15) is 9.90 Å². The Morgan fingerprint density at radius 2 is 0.875 bits per heavy atom. The second kappa shape index (κ2) is 8.81. The first-order valence-corrected chi connectivity index (χ1v) is 2.68. The zero-order valence-corrected chi connectivity index (χ0v) is 9.90. The van der Waals surface area contributed by atoms with Crippen LogP contribution >= 0.6 is 9.90 Å². The predicted octanol–water partition coefficient (Wildman–Crippen LogP) is -2.56. The van der Waals surface area contributed by atoms with Crippen LogP contribution in [0.5, 0.6) is 0 Å². The Morgan fingerprint density at radius 3 is 0.875 bits per heavy atom. The molecule has 0 saturated carbocycles. The summed E-state index contributed by atoms with van der Waals surface area (Å²) in [4.78, 5) is 29.3. The Balaban J connectivity index is -0.0000000267. The molecule has 0 aliphatic carbocycles. The maximum atomic E-state index is 7.33. The average molecular weight is 274 g/mol. The molecule has 0 rings (SSSR count). The second-order valence-electron chi connectivity index (χ2n) is 0.600. The molecule has 1 atom stereocenters. The molecule has 8 heavy (non-hydrogen) atoms. The Morgan fingerprint density at radius 1 is 0.875 bits per heavy atom. The molecule has 0 bridgehead atoms. The molecule has 4 nitrogen and oxygen atoms in total. The zero-order chi connectivity index (χ0) is 4.50. The van der Waals surface area contributed by atoms with E-state index in [-0.39, 0.29) is 50.8 Å². The van der Waals surface area contributed by atoms with Gasteiger partial charge in [0.25, 0.3) is 0 Å². The van der Waals surface area contributed by atoms with Gasteiger partial charge in [0, 0.05) is 40.9 Å². The largest absolute Gasteiger partial charge is 0.668 e. The van der Waals surface area contributed by atoms with Gasteiger partial charge in [-0.25, -0.2) is 0 Å². The first kappa shape index (κ1) is 22.6. The van der Waals surface area contributed by atoms with Gasteiger partial charge in [0.05, 0.1) is 0 Å². The fourth-order valence-corrected chi connectivity index (χ4v) is 0. The Kier molecular flexibility index (Phi) is 24.8. The molecule has 8 heteroatoms. The van der Waals surface area contributed by atoms with Crippen molar-refractivity contribution in [2.75, 3.05) is 0 Å². The standard InChI is InChI=1S/Nb.H4O4Si.H3P.V/c;1-5(2,3)4;;/h;1-4H;1H3;. The van der Waals surface area contributed by atoms with Crippen LogP contribution in [0, 0.1) is 0 Å². The molecule has 0 heterocycles. The number of hydrogen-bond donors (Lipinski definition) is 4. The second-order valence-corrected chi connectivity index (χ2v) is 1.80. The number of rotatable bonds is 0. The molecule has 2 radical (unpaired) electrons. The van der Waals surface area contributed by atoms with Gasteiger partial charge in [0.2, 0.25) is 0 Å². The molecule has 0 aromatic carbocycles. The van der Waals surface area contributed by atoms with E-state index in [0.717, 1.165) is 0 Å². The summed E-state index contributed by atoms with van der Waals surface area (Å²) in [7, 11) is -4.61. The molecular formula is H7NbO4PSiV. The van der Waals surface area contributed by atoms with Crippen LogP contribution in [-0.2, 0) is 40.9 Å². The molecule has 50 valence electrons. The van der Waals surface area contributed by atoms with E-state index in [9.17, 15) is 0 Å². The monoisotopic (exact) mass is 274 g/mol. The van der Waals surface area contributed by atoms with Crippen molar-refractivity contribution in [1.29, 1.82) is 0 Å². The van der Waals surface area contributed by atoms with E-state index in [1.54, 1.807) is 0 Å². The van der Waals surface area contributed by atoms with Gasteiger partial charge < -0.3 is 19.2 Å². The molecule has 0 fully saturated rings. The van der Waals surface area contributed by atoms with E-state index in [1.807, 2.05) is 0 Å². The van der Waals surface area contributed by atoms with Gasteiger partial charge in [-0.3, -0.25) is 0 Å². The molecule has 0 aromatic rings. The van der Waals surface area contributed by atoms with Crippen LogP contribution in [0.25, 0.3) is 0 Å². The van der Waals surface area contributed by atoms with Gasteiger partial charge in [-0.1, -0.05) is 0 Å². The van der Waals surface area contributed by atoms with Crippen molar-refractivity contribution in [1.82, 2.24) is 0 Å². The molecule has 1 unspecified atom stereocenters. The molecule has 0 amide bonds. The molecule has 0 aliphatic heterocycles. The van der Waals surface area contributed by atoms with Crippen LogP contribution in [0.1, 0.15) is 0 Å². The summed E-state index contributed by atoms with van der Waals surface area (Å²) in [6, 6.07) is 0. The summed E-state index contributed by atoms with van der Waals surface area (Å²) < 4.78 is 0. The summed E-state index contributed by atoms with van der Waals surface area (Å²) in [6.45, 7) is 0. The normalized spacial score (nSPS) is 7.50. The maximum absolute atomic E-state index is 7.33. The SMILES string of the molecule is O[Si](O)(O)O.P.[Nb].[V]. The van der Waals surface area contributed by atoms with Crippen LogP contribution in [0.2, 0.25) is 0 Å². The van der Waals surface area contributed by atoms with Crippen LogP contribution in [0.15, 0.2) is 0 Å². The third kappa shape index (κ3) is 110. The van der Waals surface area contributed by atoms with Crippen molar-refractivity contribution in [3.63, 3.8) is 0 Å². The fourth-order valence-electron chi connectivity index (χ4n) is 0. The van der Waals surface area contributed by atoms with Crippen molar-refractivity contribution in [3.05, 3.63) is 0 Å². The first-order valence-electron chi connectivity index (χ1n) is 0.894. The quantitative estimate of drug-likeness (QED) is 0.289. The zero-order valence-electron chi connectivity index (χ0n) is 3.89. The van der Waals surface area contributed by atoms with Crippen molar-refractivity contribution in [2.45, 2.75) is 0 Å². The fraction of sp³-hybridized carbons (Fsp3) is 0. The van der Waals surface area contributed by atoms with E-state index < -0.39 is 9.05 Å². The Labute approximate surface area is 78.8 Å². The predicted molar refractivity (Wildman–Crippen MR) is 25.7 cm³/mol. The summed E-state index contributed by atoms with van der Waals surface area (Å²) in [6.07, 6.45) is 0. The summed E-state index contributed by atoms with van der Waals surface area (Å²) in [5.41, 5.74) is 0. The van der Waals surface area contributed by atoms with Gasteiger partial charge in [-0.05, 0) is 0 Å². The molecule has 0 spiro atoms. The smallest absolute Gasteiger partial charge is 0.368 e. The van der Waals surface area contributed by atoms with Gasteiger partial charge in [0.1, 0.15) is 0 Å². The topological polar surface area (TPSA) is 80.9 Å². The third-order valence-corrected chi connectivity index (χ3v) is 0. The van der Waals surface area contributed by atoms with Gasteiger partial charge in [-0.15, -0.1) is 0 Å². The van der Waals surface area contributed by atoms with Crippen LogP contribution in [0.3, 0.4) is 0 Å². The van der Waals surface area contributed by atoms with E-state index in [4.69, 9.17) is 19.2 Å². The maximum Gasteiger partial charge on any atom is 0.668 e. The summed E-state index contributed by atoms with van der Waals surface area (Å²) in [5.74, 6) is 0. The molecule has 4 N–H and O–H groups in total. The Hall–Kier alpha value is 1.81. The summed E-state index contributed by atoms with van der Waals surface area (Å²) in [5, 5.41) is 0. The number of hydrogen-bond acceptors (Lipinski definition) is 4. The van der Waals surface area contributed by atoms with Crippen molar-refractivity contribution >= 4 is 18.9 Å². The third-order valence-electron chi connectivity index (χ3n) is 0. The van der Waals surface area contributed by atoms with E-state index >= 15 is 0 Å². The van der Waals surface area contributed by atoms with Gasteiger partial charge in [0.15, 0.2) is 0 Å². The van der Waals surface area contributed by atoms with Gasteiger partial charge >= 0.3 is 9.05 Å². The minimum atomic E-state index is -4.61. The minimum Gasteiger partial charge on any atom is -0.368 e. The van der Waals surface area contributed by atoms with E-state index in [0.29, 0.717) is 0 Å². The molecule has 0 aromatic heterocycles. The van der Waals surface area contributed by atoms with Crippen LogP contribution in [0.4, 0.5) is 0 Å². The van der Waals surface area contributed by atoms with Crippen LogP contribution in [-0.4, -0.2) is 28.2 Å². The van der Waals surface area contributed by atoms with Crippen LogP contribution < -0.4 is 0 Å². The average Bonchev–Trinajstić information content (AvgIpc) is 0.722. The minimum absolute atomic E-state index is 0. The molecule has 0 aliphatic rings. The van der Waals surface area contributed by atoms with Crippen molar-refractivity contribution in [2.24, 2.45) is 0 Å².